The van der Waals surface area contributed by atoms with Gasteiger partial charge in [0.05, 0.1) is 18.1 Å². The largest absolute Gasteiger partial charge is 0.444 e. The van der Waals surface area contributed by atoms with E-state index in [1.165, 1.54) is 6.39 Å². The number of aromatic nitrogens is 2. The van der Waals surface area contributed by atoms with Crippen molar-refractivity contribution in [2.75, 3.05) is 43.6 Å². The average Bonchev–Trinajstić information content (AvgIpc) is 3.25. The minimum absolute atomic E-state index is 0.747. The average molecular weight is 362 g/mol. The molecule has 0 unspecified atom stereocenters. The molecule has 0 saturated carbocycles. The Hall–Kier alpha value is -3.19. The maximum Gasteiger partial charge on any atom is 0.181 e. The molecular weight excluding hydrogens is 340 g/mol. The van der Waals surface area contributed by atoms with Crippen LogP contribution in [0.5, 0.6) is 0 Å². The van der Waals surface area contributed by atoms with Crippen LogP contribution in [-0.2, 0) is 0 Å². The number of nitrogens with one attached hydrogen (secondary N) is 1. The monoisotopic (exact) mass is 362 g/mol. The van der Waals surface area contributed by atoms with E-state index < -0.39 is 0 Å². The zero-order valence-electron chi connectivity index (χ0n) is 15.2. The van der Waals surface area contributed by atoms with Gasteiger partial charge in [0.15, 0.2) is 12.2 Å². The number of nitrogens with zero attached hydrogens (tertiary/aromatic N) is 5. The summed E-state index contributed by atoms with van der Waals surface area (Å²) in [4.78, 5) is 13.1. The van der Waals surface area contributed by atoms with Crippen molar-refractivity contribution >= 4 is 17.7 Å². The highest BCUT2D eigenvalue weighted by molar-refractivity contribution is 5.80. The van der Waals surface area contributed by atoms with E-state index in [9.17, 15) is 0 Å². The van der Waals surface area contributed by atoms with Crippen molar-refractivity contribution in [1.29, 1.82) is 0 Å². The van der Waals surface area contributed by atoms with Crippen LogP contribution in [0.3, 0.4) is 0 Å². The molecule has 3 aromatic rings. The first-order chi connectivity index (χ1) is 13.3. The molecule has 0 bridgehead atoms. The fourth-order valence-corrected chi connectivity index (χ4v) is 2.95. The molecule has 0 amide bonds. The number of hydrogen-bond donors (Lipinski definition) is 1. The Bertz CT molecular complexity index is 866. The lowest BCUT2D eigenvalue weighted by molar-refractivity contribution is 0.312. The molecule has 0 atom stereocenters. The van der Waals surface area contributed by atoms with Gasteiger partial charge in [0.1, 0.15) is 5.82 Å². The first kappa shape index (κ1) is 17.2. The zero-order chi connectivity index (χ0) is 18.5. The van der Waals surface area contributed by atoms with Gasteiger partial charge in [-0.2, -0.15) is 5.10 Å². The van der Waals surface area contributed by atoms with Crippen LogP contribution >= 0.6 is 0 Å². The van der Waals surface area contributed by atoms with E-state index in [2.05, 4.69) is 43.4 Å². The number of hydrogen-bond acceptors (Lipinski definition) is 7. The Morgan fingerprint density at radius 3 is 2.52 bits per heavy atom. The molecule has 27 heavy (non-hydrogen) atoms. The van der Waals surface area contributed by atoms with Crippen LogP contribution in [0.25, 0.3) is 11.3 Å². The number of benzene rings is 1. The van der Waals surface area contributed by atoms with E-state index in [1.54, 1.807) is 12.4 Å². The molecule has 0 radical (unpaired) electrons. The zero-order valence-corrected chi connectivity index (χ0v) is 15.2. The molecule has 7 nitrogen and oxygen atoms in total. The standard InChI is InChI=1S/C20H22N6O/c1-25-8-10-26(11-9-25)20-7-2-16(12-22-20)13-23-24-18-5-3-17(4-6-18)19-14-21-15-27-19/h2-7,12-15,24H,8-11H2,1H3. The Labute approximate surface area is 158 Å². The Morgan fingerprint density at radius 1 is 1.04 bits per heavy atom. The predicted octanol–water partition coefficient (Wildman–Crippen LogP) is 2.93. The summed E-state index contributed by atoms with van der Waals surface area (Å²) in [5, 5.41) is 4.29. The maximum absolute atomic E-state index is 5.28. The fraction of sp³-hybridized carbons (Fsp3) is 0.250. The van der Waals surface area contributed by atoms with E-state index in [0.717, 1.165) is 54.6 Å². The molecule has 3 heterocycles. The SMILES string of the molecule is CN1CCN(c2ccc(C=NNc3ccc(-c4cnco4)cc3)cn2)CC1. The molecule has 138 valence electrons. The first-order valence-corrected chi connectivity index (χ1v) is 8.95. The second kappa shape index (κ2) is 8.01. The van der Waals surface area contributed by atoms with E-state index >= 15 is 0 Å². The lowest BCUT2D eigenvalue weighted by Crippen LogP contribution is -2.44. The van der Waals surface area contributed by atoms with Gasteiger partial charge in [0.25, 0.3) is 0 Å². The minimum atomic E-state index is 0.747. The lowest BCUT2D eigenvalue weighted by atomic mass is 10.2. The summed E-state index contributed by atoms with van der Waals surface area (Å²) in [6.45, 7) is 4.18. The molecule has 0 spiro atoms. The smallest absolute Gasteiger partial charge is 0.181 e. The van der Waals surface area contributed by atoms with E-state index in [1.807, 2.05) is 36.5 Å². The maximum atomic E-state index is 5.28. The third-order valence-electron chi connectivity index (χ3n) is 4.61. The molecule has 7 heteroatoms. The first-order valence-electron chi connectivity index (χ1n) is 8.95. The van der Waals surface area contributed by atoms with Gasteiger partial charge in [-0.3, -0.25) is 5.43 Å². The van der Waals surface area contributed by atoms with Crippen molar-refractivity contribution in [3.63, 3.8) is 0 Å². The second-order valence-corrected chi connectivity index (χ2v) is 6.55. The number of likely N-dealkylation sites (N-methyl/N-ethyl adjacent to an activating group) is 1. The summed E-state index contributed by atoms with van der Waals surface area (Å²) in [6.07, 6.45) is 6.74. The van der Waals surface area contributed by atoms with E-state index in [0.29, 0.717) is 0 Å². The quantitative estimate of drug-likeness (QED) is 0.556. The van der Waals surface area contributed by atoms with Gasteiger partial charge in [-0.05, 0) is 43.4 Å². The van der Waals surface area contributed by atoms with Crippen LogP contribution in [0.1, 0.15) is 5.56 Å². The van der Waals surface area contributed by atoms with Crippen molar-refractivity contribution < 1.29 is 4.42 Å². The third kappa shape index (κ3) is 4.32. The van der Waals surface area contributed by atoms with Crippen LogP contribution in [0.2, 0.25) is 0 Å². The van der Waals surface area contributed by atoms with E-state index in [4.69, 9.17) is 4.42 Å². The normalized spacial score (nSPS) is 15.4. The summed E-state index contributed by atoms with van der Waals surface area (Å²) in [5.41, 5.74) is 5.86. The fourth-order valence-electron chi connectivity index (χ4n) is 2.95. The molecule has 4 rings (SSSR count). The van der Waals surface area contributed by atoms with Crippen LogP contribution < -0.4 is 10.3 Å². The van der Waals surface area contributed by atoms with Gasteiger partial charge in [0, 0.05) is 43.5 Å². The molecule has 1 saturated heterocycles. The van der Waals surface area contributed by atoms with Crippen LogP contribution in [0.4, 0.5) is 11.5 Å². The molecule has 2 aromatic heterocycles. The van der Waals surface area contributed by atoms with Crippen molar-refractivity contribution in [1.82, 2.24) is 14.9 Å². The summed E-state index contributed by atoms with van der Waals surface area (Å²) >= 11 is 0. The van der Waals surface area contributed by atoms with Gasteiger partial charge in [-0.15, -0.1) is 0 Å². The molecule has 1 aliphatic rings. The lowest BCUT2D eigenvalue weighted by Gasteiger charge is -2.33. The molecule has 1 aliphatic heterocycles. The number of piperazine rings is 1. The minimum Gasteiger partial charge on any atom is -0.444 e. The highest BCUT2D eigenvalue weighted by Crippen LogP contribution is 2.20. The van der Waals surface area contributed by atoms with Crippen molar-refractivity contribution in [2.24, 2.45) is 5.10 Å². The van der Waals surface area contributed by atoms with Crippen LogP contribution in [0.15, 0.2) is 64.7 Å². The molecular formula is C20H22N6O. The Kier molecular flexibility index (Phi) is 5.11. The van der Waals surface area contributed by atoms with Gasteiger partial charge in [0.2, 0.25) is 0 Å². The van der Waals surface area contributed by atoms with Gasteiger partial charge in [-0.25, -0.2) is 9.97 Å². The second-order valence-electron chi connectivity index (χ2n) is 6.55. The Balaban J connectivity index is 1.33. The number of hydrazone groups is 1. The van der Waals surface area contributed by atoms with Crippen LogP contribution in [-0.4, -0.2) is 54.3 Å². The van der Waals surface area contributed by atoms with E-state index in [-0.39, 0.29) is 0 Å². The summed E-state index contributed by atoms with van der Waals surface area (Å²) in [7, 11) is 2.15. The molecule has 1 aromatic carbocycles. The molecule has 1 N–H and O–H groups in total. The third-order valence-corrected chi connectivity index (χ3v) is 4.61. The number of anilines is 2. The van der Waals surface area contributed by atoms with Crippen molar-refractivity contribution in [2.45, 2.75) is 0 Å². The molecule has 0 aliphatic carbocycles. The number of pyridine rings is 1. The van der Waals surface area contributed by atoms with Crippen molar-refractivity contribution in [3.05, 3.63) is 60.7 Å². The Morgan fingerprint density at radius 2 is 1.85 bits per heavy atom. The van der Waals surface area contributed by atoms with Crippen LogP contribution in [0, 0.1) is 0 Å². The van der Waals surface area contributed by atoms with Gasteiger partial charge in [-0.1, -0.05) is 0 Å². The molecule has 1 fully saturated rings. The highest BCUT2D eigenvalue weighted by Gasteiger charge is 2.14. The highest BCUT2D eigenvalue weighted by atomic mass is 16.3. The topological polar surface area (TPSA) is 69.8 Å². The van der Waals surface area contributed by atoms with Gasteiger partial charge < -0.3 is 14.2 Å². The van der Waals surface area contributed by atoms with Gasteiger partial charge >= 0.3 is 0 Å². The van der Waals surface area contributed by atoms with Crippen molar-refractivity contribution in [3.8, 4) is 11.3 Å². The summed E-state index contributed by atoms with van der Waals surface area (Å²) < 4.78 is 5.28. The predicted molar refractivity (Wildman–Crippen MR) is 107 cm³/mol. The number of oxazole rings is 1. The summed E-state index contributed by atoms with van der Waals surface area (Å²) in [5.74, 6) is 1.77. The summed E-state index contributed by atoms with van der Waals surface area (Å²) in [6, 6.07) is 11.9. The number of rotatable bonds is 5.